The van der Waals surface area contributed by atoms with Crippen molar-refractivity contribution in [2.24, 2.45) is 5.92 Å². The highest BCUT2D eigenvalue weighted by Crippen LogP contribution is 2.28. The van der Waals surface area contributed by atoms with Gasteiger partial charge >= 0.3 is 0 Å². The third-order valence-corrected chi connectivity index (χ3v) is 2.94. The third kappa shape index (κ3) is 4.19. The van der Waals surface area contributed by atoms with Crippen LogP contribution in [0.4, 0.5) is 0 Å². The van der Waals surface area contributed by atoms with E-state index in [2.05, 4.69) is 6.07 Å². The molecule has 15 heavy (non-hydrogen) atoms. The maximum Gasteiger partial charge on any atom is 0.156 e. The molecule has 0 heterocycles. The normalized spacial score (nSPS) is 21.9. The van der Waals surface area contributed by atoms with Gasteiger partial charge in [-0.1, -0.05) is 19.3 Å². The molecule has 1 rings (SSSR count). The molecule has 0 radical (unpaired) electrons. The molecule has 0 spiro atoms. The molecule has 0 aliphatic heterocycles. The maximum atomic E-state index is 9.06. The lowest BCUT2D eigenvalue weighted by molar-refractivity contribution is -0.157. The average molecular weight is 211 g/mol. The summed E-state index contributed by atoms with van der Waals surface area (Å²) in [5.74, 6) is 0.409. The van der Waals surface area contributed by atoms with Gasteiger partial charge in [0.1, 0.15) is 6.10 Å². The summed E-state index contributed by atoms with van der Waals surface area (Å²) in [6.07, 6.45) is 5.46. The van der Waals surface area contributed by atoms with Crippen molar-refractivity contribution in [2.45, 2.75) is 58.3 Å². The molecule has 0 aromatic carbocycles. The van der Waals surface area contributed by atoms with Crippen LogP contribution in [0.3, 0.4) is 0 Å². The summed E-state index contributed by atoms with van der Waals surface area (Å²) < 4.78 is 10.9. The van der Waals surface area contributed by atoms with Crippen LogP contribution in [0.1, 0.15) is 46.0 Å². The van der Waals surface area contributed by atoms with Gasteiger partial charge in [0.05, 0.1) is 6.07 Å². The van der Waals surface area contributed by atoms with Gasteiger partial charge in [0.25, 0.3) is 0 Å². The highest BCUT2D eigenvalue weighted by atomic mass is 16.7. The summed E-state index contributed by atoms with van der Waals surface area (Å²) >= 11 is 0. The van der Waals surface area contributed by atoms with E-state index >= 15 is 0 Å². The highest BCUT2D eigenvalue weighted by molar-refractivity contribution is 4.91. The Kier molecular flexibility index (Phi) is 5.67. The molecular formula is C12H21NO2. The summed E-state index contributed by atoms with van der Waals surface area (Å²) in [5.41, 5.74) is 0. The van der Waals surface area contributed by atoms with Crippen LogP contribution in [0.5, 0.6) is 0 Å². The second-order valence-corrected chi connectivity index (χ2v) is 4.11. The first-order valence-corrected chi connectivity index (χ1v) is 5.94. The van der Waals surface area contributed by atoms with Gasteiger partial charge in [-0.2, -0.15) is 5.26 Å². The Morgan fingerprint density at radius 2 is 2.00 bits per heavy atom. The lowest BCUT2D eigenvalue weighted by Crippen LogP contribution is -2.29. The van der Waals surface area contributed by atoms with E-state index in [0.29, 0.717) is 12.5 Å². The van der Waals surface area contributed by atoms with Crippen LogP contribution in [-0.4, -0.2) is 19.0 Å². The Bertz CT molecular complexity index is 206. The summed E-state index contributed by atoms with van der Waals surface area (Å²) in [5, 5.41) is 9.06. The van der Waals surface area contributed by atoms with Crippen molar-refractivity contribution < 1.29 is 9.47 Å². The minimum absolute atomic E-state index is 0.262. The molecule has 3 heteroatoms. The van der Waals surface area contributed by atoms with Gasteiger partial charge < -0.3 is 9.47 Å². The van der Waals surface area contributed by atoms with Gasteiger partial charge in [-0.3, -0.25) is 0 Å². The lowest BCUT2D eigenvalue weighted by atomic mass is 9.85. The monoisotopic (exact) mass is 211 g/mol. The lowest BCUT2D eigenvalue weighted by Gasteiger charge is -2.27. The van der Waals surface area contributed by atoms with E-state index in [1.165, 1.54) is 19.3 Å². The number of nitriles is 1. The van der Waals surface area contributed by atoms with Gasteiger partial charge in [-0.25, -0.2) is 0 Å². The predicted octanol–water partition coefficient (Wildman–Crippen LogP) is 2.86. The molecule has 1 aliphatic rings. The zero-order valence-corrected chi connectivity index (χ0v) is 9.74. The molecule has 0 aromatic heterocycles. The number of hydrogen-bond acceptors (Lipinski definition) is 3. The molecular weight excluding hydrogens is 190 g/mol. The van der Waals surface area contributed by atoms with Gasteiger partial charge in [-0.05, 0) is 32.6 Å². The number of rotatable bonds is 5. The fourth-order valence-corrected chi connectivity index (χ4v) is 2.16. The molecule has 86 valence electrons. The van der Waals surface area contributed by atoms with Crippen LogP contribution in [0.15, 0.2) is 0 Å². The van der Waals surface area contributed by atoms with E-state index in [4.69, 9.17) is 14.7 Å². The van der Waals surface area contributed by atoms with Gasteiger partial charge in [0.15, 0.2) is 6.29 Å². The van der Waals surface area contributed by atoms with E-state index in [-0.39, 0.29) is 12.4 Å². The number of nitrogens with zero attached hydrogens (tertiary/aromatic N) is 1. The largest absolute Gasteiger partial charge is 0.353 e. The molecule has 1 fully saturated rings. The van der Waals surface area contributed by atoms with Crippen LogP contribution in [0.2, 0.25) is 0 Å². The van der Waals surface area contributed by atoms with Crippen molar-refractivity contribution in [1.82, 2.24) is 0 Å². The molecule has 2 unspecified atom stereocenters. The first kappa shape index (κ1) is 12.5. The van der Waals surface area contributed by atoms with Crippen molar-refractivity contribution in [3.63, 3.8) is 0 Å². The van der Waals surface area contributed by atoms with Crippen molar-refractivity contribution >= 4 is 0 Å². The Morgan fingerprint density at radius 3 is 2.53 bits per heavy atom. The zero-order chi connectivity index (χ0) is 11.1. The van der Waals surface area contributed by atoms with E-state index < -0.39 is 0 Å². The quantitative estimate of drug-likeness (QED) is 0.657. The van der Waals surface area contributed by atoms with E-state index in [0.717, 1.165) is 12.8 Å². The Balaban J connectivity index is 2.37. The van der Waals surface area contributed by atoms with Crippen LogP contribution < -0.4 is 0 Å². The molecule has 0 bridgehead atoms. The Labute approximate surface area is 92.4 Å². The van der Waals surface area contributed by atoms with Crippen molar-refractivity contribution in [3.05, 3.63) is 0 Å². The van der Waals surface area contributed by atoms with Crippen LogP contribution in [0.25, 0.3) is 0 Å². The molecule has 0 amide bonds. The first-order chi connectivity index (χ1) is 7.27. The number of hydrogen-bond donors (Lipinski definition) is 0. The smallest absolute Gasteiger partial charge is 0.156 e. The maximum absolute atomic E-state index is 9.06. The first-order valence-electron chi connectivity index (χ1n) is 5.94. The second kappa shape index (κ2) is 6.81. The van der Waals surface area contributed by atoms with E-state index in [1.807, 2.05) is 13.8 Å². The Hall–Kier alpha value is -0.590. The SMILES string of the molecule is CCOC(C)OC(C#N)C1CCCCC1. The van der Waals surface area contributed by atoms with Crippen molar-refractivity contribution in [3.8, 4) is 6.07 Å². The molecule has 1 aliphatic carbocycles. The molecule has 0 N–H and O–H groups in total. The zero-order valence-electron chi connectivity index (χ0n) is 9.74. The molecule has 1 saturated carbocycles. The van der Waals surface area contributed by atoms with Gasteiger partial charge in [0.2, 0.25) is 0 Å². The predicted molar refractivity (Wildman–Crippen MR) is 58.1 cm³/mol. The van der Waals surface area contributed by atoms with E-state index in [1.54, 1.807) is 0 Å². The van der Waals surface area contributed by atoms with Crippen LogP contribution in [0, 0.1) is 17.2 Å². The summed E-state index contributed by atoms with van der Waals surface area (Å²) in [6.45, 7) is 4.42. The van der Waals surface area contributed by atoms with Crippen molar-refractivity contribution in [2.75, 3.05) is 6.61 Å². The van der Waals surface area contributed by atoms with Crippen LogP contribution >= 0.6 is 0 Å². The summed E-state index contributed by atoms with van der Waals surface area (Å²) in [4.78, 5) is 0. The van der Waals surface area contributed by atoms with Gasteiger partial charge in [-0.15, -0.1) is 0 Å². The standard InChI is InChI=1S/C12H21NO2/c1-3-14-10(2)15-12(9-13)11-7-5-4-6-8-11/h10-12H,3-8H2,1-2H3. The highest BCUT2D eigenvalue weighted by Gasteiger charge is 2.25. The second-order valence-electron chi connectivity index (χ2n) is 4.11. The minimum atomic E-state index is -0.285. The van der Waals surface area contributed by atoms with E-state index in [9.17, 15) is 0 Å². The average Bonchev–Trinajstić information content (AvgIpc) is 2.27. The summed E-state index contributed by atoms with van der Waals surface area (Å²) in [7, 11) is 0. The molecule has 0 saturated heterocycles. The summed E-state index contributed by atoms with van der Waals surface area (Å²) in [6, 6.07) is 2.26. The number of ether oxygens (including phenoxy) is 2. The topological polar surface area (TPSA) is 42.2 Å². The molecule has 0 aromatic rings. The minimum Gasteiger partial charge on any atom is -0.353 e. The van der Waals surface area contributed by atoms with Gasteiger partial charge in [0, 0.05) is 6.61 Å². The van der Waals surface area contributed by atoms with Crippen molar-refractivity contribution in [1.29, 1.82) is 5.26 Å². The fourth-order valence-electron chi connectivity index (χ4n) is 2.16. The Morgan fingerprint density at radius 1 is 1.33 bits per heavy atom. The van der Waals surface area contributed by atoms with Crippen LogP contribution in [-0.2, 0) is 9.47 Å². The molecule has 3 nitrogen and oxygen atoms in total. The molecule has 2 atom stereocenters. The third-order valence-electron chi connectivity index (χ3n) is 2.94. The fraction of sp³-hybridized carbons (Fsp3) is 0.917.